The predicted octanol–water partition coefficient (Wildman–Crippen LogP) is 2.07. The molecule has 1 aliphatic heterocycles. The number of rotatable bonds is 4. The Labute approximate surface area is 125 Å². The standard InChI is InChI=1S/C16H24N2O3/c19-14(20)13-12-3-1-2-10(12)8-18(13)15(21)17-9-16(6-7-16)11-4-5-11/h10-13H,1-9H2,(H,17,21)(H,19,20). The maximum atomic E-state index is 12.5. The summed E-state index contributed by atoms with van der Waals surface area (Å²) in [5.74, 6) is 0.552. The summed E-state index contributed by atoms with van der Waals surface area (Å²) >= 11 is 0. The highest BCUT2D eigenvalue weighted by molar-refractivity contribution is 5.83. The molecule has 0 aromatic carbocycles. The first kappa shape index (κ1) is 13.4. The van der Waals surface area contributed by atoms with Crippen LogP contribution in [0.5, 0.6) is 0 Å². The van der Waals surface area contributed by atoms with Gasteiger partial charge in [-0.1, -0.05) is 6.42 Å². The van der Waals surface area contributed by atoms with E-state index in [-0.39, 0.29) is 11.9 Å². The van der Waals surface area contributed by atoms with Crippen LogP contribution < -0.4 is 5.32 Å². The normalized spacial score (nSPS) is 36.4. The molecule has 116 valence electrons. The second-order valence-corrected chi connectivity index (χ2v) is 7.59. The molecule has 2 amide bonds. The molecule has 3 aliphatic carbocycles. The third-order valence-electron chi connectivity index (χ3n) is 6.33. The van der Waals surface area contributed by atoms with Crippen molar-refractivity contribution >= 4 is 12.0 Å². The number of amides is 2. The summed E-state index contributed by atoms with van der Waals surface area (Å²) in [6.07, 6.45) is 8.21. The molecule has 4 aliphatic rings. The molecule has 2 N–H and O–H groups in total. The summed E-state index contributed by atoms with van der Waals surface area (Å²) in [6, 6.07) is -0.752. The van der Waals surface area contributed by atoms with Gasteiger partial charge in [-0.2, -0.15) is 0 Å². The van der Waals surface area contributed by atoms with Crippen LogP contribution in [-0.4, -0.2) is 41.1 Å². The average Bonchev–Trinajstić information content (AvgIpc) is 3.32. The zero-order valence-electron chi connectivity index (χ0n) is 12.4. The van der Waals surface area contributed by atoms with Gasteiger partial charge in [0.1, 0.15) is 6.04 Å². The number of aliphatic carboxylic acids is 1. The van der Waals surface area contributed by atoms with E-state index in [0.717, 1.165) is 31.7 Å². The molecular weight excluding hydrogens is 268 g/mol. The quantitative estimate of drug-likeness (QED) is 0.833. The van der Waals surface area contributed by atoms with E-state index in [1.165, 1.54) is 25.7 Å². The van der Waals surface area contributed by atoms with E-state index in [4.69, 9.17) is 0 Å². The summed E-state index contributed by atoms with van der Waals surface area (Å²) in [7, 11) is 0. The zero-order valence-corrected chi connectivity index (χ0v) is 12.4. The number of carbonyl (C=O) groups is 2. The molecule has 4 rings (SSSR count). The van der Waals surface area contributed by atoms with Crippen molar-refractivity contribution in [2.75, 3.05) is 13.1 Å². The Bertz CT molecular complexity index is 470. The van der Waals surface area contributed by atoms with Gasteiger partial charge in [0, 0.05) is 13.1 Å². The molecule has 3 unspecified atom stereocenters. The molecular formula is C16H24N2O3. The number of nitrogens with zero attached hydrogens (tertiary/aromatic N) is 1. The first-order chi connectivity index (χ1) is 10.1. The van der Waals surface area contributed by atoms with E-state index in [9.17, 15) is 14.7 Å². The van der Waals surface area contributed by atoms with Crippen LogP contribution in [0.15, 0.2) is 0 Å². The lowest BCUT2D eigenvalue weighted by molar-refractivity contribution is -0.142. The molecule has 21 heavy (non-hydrogen) atoms. The third kappa shape index (κ3) is 2.21. The molecule has 0 radical (unpaired) electrons. The van der Waals surface area contributed by atoms with E-state index in [0.29, 0.717) is 17.9 Å². The van der Waals surface area contributed by atoms with Gasteiger partial charge in [-0.3, -0.25) is 0 Å². The molecule has 4 fully saturated rings. The Morgan fingerprint density at radius 2 is 1.95 bits per heavy atom. The van der Waals surface area contributed by atoms with Crippen LogP contribution >= 0.6 is 0 Å². The van der Waals surface area contributed by atoms with Crippen LogP contribution in [0.1, 0.15) is 44.9 Å². The van der Waals surface area contributed by atoms with E-state index in [1.54, 1.807) is 4.90 Å². The molecule has 1 saturated heterocycles. The molecule has 5 heteroatoms. The number of hydrogen-bond donors (Lipinski definition) is 2. The lowest BCUT2D eigenvalue weighted by Gasteiger charge is -2.26. The van der Waals surface area contributed by atoms with Gasteiger partial charge < -0.3 is 15.3 Å². The molecule has 1 heterocycles. The number of urea groups is 1. The summed E-state index contributed by atoms with van der Waals surface area (Å²) in [5, 5.41) is 12.5. The van der Waals surface area contributed by atoms with Crippen molar-refractivity contribution in [3.63, 3.8) is 0 Å². The topological polar surface area (TPSA) is 69.6 Å². The summed E-state index contributed by atoms with van der Waals surface area (Å²) < 4.78 is 0. The number of nitrogens with one attached hydrogen (secondary N) is 1. The fourth-order valence-electron chi connectivity index (χ4n) is 4.77. The van der Waals surface area contributed by atoms with Gasteiger partial charge >= 0.3 is 12.0 Å². The maximum absolute atomic E-state index is 12.5. The second kappa shape index (κ2) is 4.62. The smallest absolute Gasteiger partial charge is 0.326 e. The van der Waals surface area contributed by atoms with E-state index in [2.05, 4.69) is 5.32 Å². The Morgan fingerprint density at radius 3 is 2.57 bits per heavy atom. The highest BCUT2D eigenvalue weighted by Crippen LogP contribution is 2.60. The van der Waals surface area contributed by atoms with Crippen molar-refractivity contribution < 1.29 is 14.7 Å². The van der Waals surface area contributed by atoms with Crippen LogP contribution in [0, 0.1) is 23.2 Å². The van der Waals surface area contributed by atoms with E-state index >= 15 is 0 Å². The highest BCUT2D eigenvalue weighted by Gasteiger charge is 2.54. The number of carboxylic acid groups (broad SMARTS) is 1. The fourth-order valence-corrected chi connectivity index (χ4v) is 4.77. The summed E-state index contributed by atoms with van der Waals surface area (Å²) in [4.78, 5) is 25.6. The van der Waals surface area contributed by atoms with Gasteiger partial charge in [-0.05, 0) is 61.7 Å². The minimum absolute atomic E-state index is 0.149. The van der Waals surface area contributed by atoms with E-state index < -0.39 is 12.0 Å². The van der Waals surface area contributed by atoms with Crippen LogP contribution in [0.3, 0.4) is 0 Å². The first-order valence-corrected chi connectivity index (χ1v) is 8.38. The SMILES string of the molecule is O=C(O)C1C2CCCC2CN1C(=O)NCC1(C2CC2)CC1. The molecule has 0 spiro atoms. The largest absolute Gasteiger partial charge is 0.480 e. The van der Waals surface area contributed by atoms with Crippen molar-refractivity contribution in [1.29, 1.82) is 0 Å². The minimum atomic E-state index is -0.831. The number of fused-ring (bicyclic) bond motifs is 1. The molecule has 5 nitrogen and oxygen atoms in total. The van der Waals surface area contributed by atoms with Gasteiger partial charge in [-0.15, -0.1) is 0 Å². The molecule has 0 bridgehead atoms. The molecule has 3 saturated carbocycles. The predicted molar refractivity (Wildman–Crippen MR) is 76.8 cm³/mol. The van der Waals surface area contributed by atoms with Crippen LogP contribution in [0.25, 0.3) is 0 Å². The third-order valence-corrected chi connectivity index (χ3v) is 6.33. The van der Waals surface area contributed by atoms with Crippen molar-refractivity contribution in [2.24, 2.45) is 23.2 Å². The summed E-state index contributed by atoms with van der Waals surface area (Å²) in [6.45, 7) is 1.37. The Hall–Kier alpha value is -1.26. The number of carboxylic acids is 1. The number of hydrogen-bond acceptors (Lipinski definition) is 2. The lowest BCUT2D eigenvalue weighted by atomic mass is 9.94. The number of carbonyl (C=O) groups excluding carboxylic acids is 1. The van der Waals surface area contributed by atoms with Gasteiger partial charge in [0.15, 0.2) is 0 Å². The number of likely N-dealkylation sites (tertiary alicyclic amines) is 1. The molecule has 0 aromatic rings. The maximum Gasteiger partial charge on any atom is 0.326 e. The van der Waals surface area contributed by atoms with Crippen molar-refractivity contribution in [2.45, 2.75) is 51.0 Å². The highest BCUT2D eigenvalue weighted by atomic mass is 16.4. The van der Waals surface area contributed by atoms with Crippen molar-refractivity contribution in [1.82, 2.24) is 10.2 Å². The van der Waals surface area contributed by atoms with E-state index in [1.807, 2.05) is 0 Å². The van der Waals surface area contributed by atoms with Crippen molar-refractivity contribution in [3.05, 3.63) is 0 Å². The lowest BCUT2D eigenvalue weighted by Crippen LogP contribution is -2.49. The van der Waals surface area contributed by atoms with Gasteiger partial charge in [0.2, 0.25) is 0 Å². The van der Waals surface area contributed by atoms with Gasteiger partial charge in [0.25, 0.3) is 0 Å². The van der Waals surface area contributed by atoms with Gasteiger partial charge in [0.05, 0.1) is 0 Å². The fraction of sp³-hybridized carbons (Fsp3) is 0.875. The second-order valence-electron chi connectivity index (χ2n) is 7.59. The van der Waals surface area contributed by atoms with Crippen molar-refractivity contribution in [3.8, 4) is 0 Å². The van der Waals surface area contributed by atoms with Crippen LogP contribution in [-0.2, 0) is 4.79 Å². The Morgan fingerprint density at radius 1 is 1.19 bits per heavy atom. The molecule has 3 atom stereocenters. The first-order valence-electron chi connectivity index (χ1n) is 8.38. The monoisotopic (exact) mass is 292 g/mol. The minimum Gasteiger partial charge on any atom is -0.480 e. The Balaban J connectivity index is 1.40. The van der Waals surface area contributed by atoms with Gasteiger partial charge in [-0.25, -0.2) is 9.59 Å². The summed E-state index contributed by atoms with van der Waals surface area (Å²) in [5.41, 5.74) is 0.365. The van der Waals surface area contributed by atoms with Crippen LogP contribution in [0.4, 0.5) is 4.79 Å². The van der Waals surface area contributed by atoms with Crippen LogP contribution in [0.2, 0.25) is 0 Å². The zero-order chi connectivity index (χ0) is 14.6. The average molecular weight is 292 g/mol. The Kier molecular flexibility index (Phi) is 2.95. The molecule has 0 aromatic heterocycles.